The van der Waals surface area contributed by atoms with Crippen molar-refractivity contribution in [1.82, 2.24) is 10.2 Å². The lowest BCUT2D eigenvalue weighted by molar-refractivity contribution is -0.117. The minimum Gasteiger partial charge on any atom is -0.503 e. The summed E-state index contributed by atoms with van der Waals surface area (Å²) >= 11 is 8.96. The number of benzene rings is 4. The minimum absolute atomic E-state index is 0.0365. The number of carbonyl (C=O) groups is 2. The summed E-state index contributed by atoms with van der Waals surface area (Å²) in [5, 5.41) is 20.6. The van der Waals surface area contributed by atoms with Crippen LogP contribution in [0.3, 0.4) is 0 Å². The van der Waals surface area contributed by atoms with Gasteiger partial charge in [0.1, 0.15) is 12.4 Å². The zero-order valence-corrected chi connectivity index (χ0v) is 26.1. The molecule has 0 spiro atoms. The number of aliphatic hydroxyl groups is 1. The van der Waals surface area contributed by atoms with Crippen LogP contribution in [0.5, 0.6) is 5.75 Å². The third-order valence-electron chi connectivity index (χ3n) is 7.06. The van der Waals surface area contributed by atoms with E-state index in [1.54, 1.807) is 30.3 Å². The van der Waals surface area contributed by atoms with Crippen molar-refractivity contribution in [2.75, 3.05) is 4.90 Å². The van der Waals surface area contributed by atoms with Gasteiger partial charge < -0.3 is 9.84 Å². The smallest absolute Gasteiger partial charge is 0.296 e. The highest BCUT2D eigenvalue weighted by Gasteiger charge is 2.45. The molecule has 6 rings (SSSR count). The largest absolute Gasteiger partial charge is 0.503 e. The zero-order valence-electron chi connectivity index (χ0n) is 23.7. The second-order valence-electron chi connectivity index (χ2n) is 10.0. The number of thioether (sulfide) groups is 1. The second kappa shape index (κ2) is 13.9. The average Bonchev–Trinajstić information content (AvgIpc) is 3.65. The highest BCUT2D eigenvalue weighted by Crippen LogP contribution is 2.43. The van der Waals surface area contributed by atoms with Crippen LogP contribution in [0.25, 0.3) is 6.08 Å². The molecule has 0 radical (unpaired) electrons. The Kier molecular flexibility index (Phi) is 9.40. The molecule has 7 nitrogen and oxygen atoms in total. The van der Waals surface area contributed by atoms with Crippen LogP contribution in [0.1, 0.15) is 28.3 Å². The van der Waals surface area contributed by atoms with E-state index in [1.165, 1.54) is 34.1 Å². The quantitative estimate of drug-likeness (QED) is 0.0873. The monoisotopic (exact) mass is 651 g/mol. The van der Waals surface area contributed by atoms with Gasteiger partial charge in [-0.15, -0.1) is 10.2 Å². The molecule has 0 aliphatic carbocycles. The first kappa shape index (κ1) is 30.3. The predicted molar refractivity (Wildman–Crippen MR) is 179 cm³/mol. The molecule has 4 aromatic carbocycles. The van der Waals surface area contributed by atoms with E-state index in [2.05, 4.69) is 10.2 Å². The number of anilines is 1. The van der Waals surface area contributed by atoms with E-state index < -0.39 is 23.5 Å². The molecular formula is C35H26ClN3O4S2. The van der Waals surface area contributed by atoms with Crippen molar-refractivity contribution < 1.29 is 19.4 Å². The van der Waals surface area contributed by atoms with Gasteiger partial charge in [-0.3, -0.25) is 14.5 Å². The van der Waals surface area contributed by atoms with Gasteiger partial charge in [0.15, 0.2) is 15.9 Å². The summed E-state index contributed by atoms with van der Waals surface area (Å²) in [6, 6.07) is 32.9. The summed E-state index contributed by atoms with van der Waals surface area (Å²) in [4.78, 5) is 28.5. The Labute approximate surface area is 273 Å². The maximum absolute atomic E-state index is 13.6. The van der Waals surface area contributed by atoms with Crippen molar-refractivity contribution >= 4 is 57.6 Å². The average molecular weight is 652 g/mol. The van der Waals surface area contributed by atoms with Crippen LogP contribution in [-0.2, 0) is 21.9 Å². The molecule has 0 saturated carbocycles. The van der Waals surface area contributed by atoms with Crippen LogP contribution < -0.4 is 9.64 Å². The Hall–Kier alpha value is -4.70. The van der Waals surface area contributed by atoms with Crippen molar-refractivity contribution in [3.05, 3.63) is 154 Å². The molecule has 1 N–H and O–H groups in total. The third-order valence-corrected chi connectivity index (χ3v) is 9.53. The summed E-state index contributed by atoms with van der Waals surface area (Å²) in [6.45, 7) is 0.391. The van der Waals surface area contributed by atoms with Crippen LogP contribution in [0.2, 0.25) is 5.02 Å². The first-order valence-electron chi connectivity index (χ1n) is 14.0. The molecular weight excluding hydrogens is 626 g/mol. The maximum Gasteiger partial charge on any atom is 0.296 e. The van der Waals surface area contributed by atoms with Gasteiger partial charge >= 0.3 is 0 Å². The lowest BCUT2D eigenvalue weighted by Gasteiger charge is -2.24. The number of aromatic nitrogens is 2. The van der Waals surface area contributed by atoms with Crippen LogP contribution in [0.15, 0.2) is 131 Å². The Morgan fingerprint density at radius 2 is 1.62 bits per heavy atom. The maximum atomic E-state index is 13.6. The molecule has 5 aromatic rings. The third kappa shape index (κ3) is 7.01. The number of ether oxygens (including phenoxy) is 1. The first-order chi connectivity index (χ1) is 22.0. The molecule has 1 aromatic heterocycles. The number of allylic oxidation sites excluding steroid dienone is 1. The Morgan fingerprint density at radius 3 is 2.36 bits per heavy atom. The molecule has 10 heteroatoms. The molecule has 0 bridgehead atoms. The normalized spacial score (nSPS) is 14.8. The molecule has 1 aliphatic heterocycles. The molecule has 224 valence electrons. The second-order valence-corrected chi connectivity index (χ2v) is 12.6. The number of hydrogen-bond acceptors (Lipinski definition) is 8. The Bertz CT molecular complexity index is 1880. The number of carbonyl (C=O) groups excluding carboxylic acids is 2. The minimum atomic E-state index is -0.928. The molecule has 0 saturated heterocycles. The van der Waals surface area contributed by atoms with E-state index in [0.717, 1.165) is 16.7 Å². The zero-order chi connectivity index (χ0) is 31.2. The van der Waals surface area contributed by atoms with Crippen LogP contribution in [-0.4, -0.2) is 27.0 Å². The molecule has 1 aliphatic rings. The molecule has 1 unspecified atom stereocenters. The fourth-order valence-corrected chi connectivity index (χ4v) is 6.95. The number of nitrogens with zero attached hydrogens (tertiary/aromatic N) is 3. The van der Waals surface area contributed by atoms with Gasteiger partial charge in [0.2, 0.25) is 5.13 Å². The number of halogens is 1. The first-order valence-corrected chi connectivity index (χ1v) is 16.2. The number of rotatable bonds is 11. The van der Waals surface area contributed by atoms with Crippen molar-refractivity contribution in [2.24, 2.45) is 0 Å². The topological polar surface area (TPSA) is 92.6 Å². The Morgan fingerprint density at radius 1 is 0.933 bits per heavy atom. The lowest BCUT2D eigenvalue weighted by Crippen LogP contribution is -2.30. The summed E-state index contributed by atoms with van der Waals surface area (Å²) in [5.41, 5.74) is 3.36. The van der Waals surface area contributed by atoms with Gasteiger partial charge in [-0.1, -0.05) is 132 Å². The SMILES string of the molecule is O=C(C=Cc1ccccc1)C1=C(O)C(=O)N(c2nnc(SCc3ccccc3Cl)s2)C1c1ccc(OCc2ccccc2)cc1. The summed E-state index contributed by atoms with van der Waals surface area (Å²) in [7, 11) is 0. The molecule has 1 amide bonds. The summed E-state index contributed by atoms with van der Waals surface area (Å²) < 4.78 is 6.56. The highest BCUT2D eigenvalue weighted by molar-refractivity contribution is 8.00. The van der Waals surface area contributed by atoms with Crippen molar-refractivity contribution in [2.45, 2.75) is 22.7 Å². The number of ketones is 1. The van der Waals surface area contributed by atoms with Gasteiger partial charge in [-0.2, -0.15) is 0 Å². The van der Waals surface area contributed by atoms with Crippen molar-refractivity contribution in [3.8, 4) is 5.75 Å². The van der Waals surface area contributed by atoms with Gasteiger partial charge in [0, 0.05) is 10.8 Å². The van der Waals surface area contributed by atoms with Gasteiger partial charge in [0.05, 0.1) is 11.6 Å². The van der Waals surface area contributed by atoms with Gasteiger partial charge in [-0.25, -0.2) is 0 Å². The molecule has 45 heavy (non-hydrogen) atoms. The van der Waals surface area contributed by atoms with Gasteiger partial charge in [0.25, 0.3) is 5.91 Å². The summed E-state index contributed by atoms with van der Waals surface area (Å²) in [6.07, 6.45) is 3.02. The fourth-order valence-electron chi connectivity index (χ4n) is 4.80. The van der Waals surface area contributed by atoms with Crippen LogP contribution >= 0.6 is 34.7 Å². The van der Waals surface area contributed by atoms with Crippen molar-refractivity contribution in [1.29, 1.82) is 0 Å². The van der Waals surface area contributed by atoms with E-state index in [-0.39, 0.29) is 10.7 Å². The van der Waals surface area contributed by atoms with E-state index in [4.69, 9.17) is 16.3 Å². The van der Waals surface area contributed by atoms with Crippen LogP contribution in [0, 0.1) is 0 Å². The lowest BCUT2D eigenvalue weighted by atomic mass is 9.95. The molecule has 2 heterocycles. The molecule has 0 fully saturated rings. The standard InChI is InChI=1S/C35H26ClN3O4S2/c36-28-14-8-7-13-26(28)22-44-35-38-37-34(45-35)39-31(25-16-18-27(19-17-25)43-21-24-11-5-2-6-12-24)30(32(41)33(39)42)29(40)20-15-23-9-3-1-4-10-23/h1-20,31,41H,21-22H2. The van der Waals surface area contributed by atoms with E-state index in [9.17, 15) is 14.7 Å². The van der Waals surface area contributed by atoms with E-state index in [1.807, 2.05) is 84.9 Å². The summed E-state index contributed by atoms with van der Waals surface area (Å²) in [5.74, 6) is -0.641. The predicted octanol–water partition coefficient (Wildman–Crippen LogP) is 8.25. The Balaban J connectivity index is 1.29. The van der Waals surface area contributed by atoms with Gasteiger partial charge in [-0.05, 0) is 46.5 Å². The molecule has 1 atom stereocenters. The fraction of sp³-hybridized carbons (Fsp3) is 0.0857. The van der Waals surface area contributed by atoms with E-state index in [0.29, 0.717) is 33.0 Å². The van der Waals surface area contributed by atoms with E-state index >= 15 is 0 Å². The highest BCUT2D eigenvalue weighted by atomic mass is 35.5. The number of amides is 1. The number of aliphatic hydroxyl groups excluding tert-OH is 1. The number of hydrogen-bond donors (Lipinski definition) is 1. The van der Waals surface area contributed by atoms with Crippen molar-refractivity contribution in [3.63, 3.8) is 0 Å². The van der Waals surface area contributed by atoms with Crippen LogP contribution in [0.4, 0.5) is 5.13 Å².